The summed E-state index contributed by atoms with van der Waals surface area (Å²) < 4.78 is 23.6. The highest BCUT2D eigenvalue weighted by atomic mass is 19.1. The molecule has 0 unspecified atom stereocenters. The van der Waals surface area contributed by atoms with Gasteiger partial charge in [0.15, 0.2) is 0 Å². The molecule has 0 fully saturated rings. The van der Waals surface area contributed by atoms with Gasteiger partial charge in [-0.3, -0.25) is 10.00 Å². The van der Waals surface area contributed by atoms with E-state index in [-0.39, 0.29) is 25.2 Å². The summed E-state index contributed by atoms with van der Waals surface area (Å²) >= 11 is 0. The van der Waals surface area contributed by atoms with Gasteiger partial charge in [0.05, 0.1) is 42.9 Å². The standard InChI is InChI=1S/C31H33FN6O4/c1-31(2,3)28-16-29(38(36-28)24-7-4-20(19-40)5-8-24)35-30(41)33-17-22-14-23(32)6-11-27(22)42-25-9-10-26-21(15-25)18-34-37(26)12-13-39/h4-11,14-16,18,39-40H,12-13,17,19H2,1-3H3,(H2,33,35,41). The largest absolute Gasteiger partial charge is 0.457 e. The fraction of sp³-hybridized carbons (Fsp3) is 0.258. The van der Waals surface area contributed by atoms with Crippen LogP contribution in [0.1, 0.15) is 37.6 Å². The highest BCUT2D eigenvalue weighted by Crippen LogP contribution is 2.30. The minimum atomic E-state index is -0.503. The molecule has 0 spiro atoms. The van der Waals surface area contributed by atoms with Crippen LogP contribution in [0.4, 0.5) is 15.0 Å². The number of anilines is 1. The van der Waals surface area contributed by atoms with Crippen molar-refractivity contribution in [1.29, 1.82) is 0 Å². The van der Waals surface area contributed by atoms with Crippen LogP contribution < -0.4 is 15.4 Å². The maximum absolute atomic E-state index is 14.2. The topological polar surface area (TPSA) is 126 Å². The number of amides is 2. The van der Waals surface area contributed by atoms with Gasteiger partial charge in [0.1, 0.15) is 23.1 Å². The fourth-order valence-corrected chi connectivity index (χ4v) is 4.43. The van der Waals surface area contributed by atoms with Crippen molar-refractivity contribution >= 4 is 22.8 Å². The third-order valence-corrected chi connectivity index (χ3v) is 6.70. The number of hydrogen-bond donors (Lipinski definition) is 4. The number of rotatable bonds is 9. The van der Waals surface area contributed by atoms with Gasteiger partial charge in [-0.2, -0.15) is 10.2 Å². The van der Waals surface area contributed by atoms with Gasteiger partial charge in [-0.1, -0.05) is 32.9 Å². The molecular weight excluding hydrogens is 539 g/mol. The maximum Gasteiger partial charge on any atom is 0.320 e. The summed E-state index contributed by atoms with van der Waals surface area (Å²) in [4.78, 5) is 13.0. The van der Waals surface area contributed by atoms with E-state index in [1.165, 1.54) is 18.2 Å². The summed E-state index contributed by atoms with van der Waals surface area (Å²) in [7, 11) is 0. The summed E-state index contributed by atoms with van der Waals surface area (Å²) in [5, 5.41) is 34.1. The monoisotopic (exact) mass is 572 g/mol. The Balaban J connectivity index is 1.32. The Kier molecular flexibility index (Phi) is 8.23. The first kappa shape index (κ1) is 28.8. The number of aliphatic hydroxyl groups excluding tert-OH is 2. The molecule has 0 radical (unpaired) electrons. The lowest BCUT2D eigenvalue weighted by Crippen LogP contribution is -2.29. The van der Waals surface area contributed by atoms with Gasteiger partial charge in [-0.05, 0) is 54.1 Å². The van der Waals surface area contributed by atoms with E-state index in [2.05, 4.69) is 15.7 Å². The zero-order valence-corrected chi connectivity index (χ0v) is 23.6. The van der Waals surface area contributed by atoms with Gasteiger partial charge in [0, 0.05) is 29.0 Å². The first-order chi connectivity index (χ1) is 20.1. The molecule has 11 heteroatoms. The van der Waals surface area contributed by atoms with Crippen molar-refractivity contribution < 1.29 is 24.1 Å². The van der Waals surface area contributed by atoms with Crippen molar-refractivity contribution in [3.8, 4) is 17.2 Å². The van der Waals surface area contributed by atoms with Crippen molar-refractivity contribution in [2.24, 2.45) is 0 Å². The van der Waals surface area contributed by atoms with Gasteiger partial charge >= 0.3 is 6.03 Å². The second-order valence-electron chi connectivity index (χ2n) is 10.9. The summed E-state index contributed by atoms with van der Waals surface area (Å²) in [6.45, 7) is 6.38. The second kappa shape index (κ2) is 12.0. The molecule has 2 heterocycles. The lowest BCUT2D eigenvalue weighted by Gasteiger charge is -2.14. The van der Waals surface area contributed by atoms with Gasteiger partial charge < -0.3 is 20.3 Å². The summed E-state index contributed by atoms with van der Waals surface area (Å²) in [5.74, 6) is 0.913. The quantitative estimate of drug-likeness (QED) is 0.191. The molecule has 2 aromatic heterocycles. The van der Waals surface area contributed by atoms with Crippen LogP contribution in [0.25, 0.3) is 16.6 Å². The molecule has 5 aromatic rings. The van der Waals surface area contributed by atoms with Crippen LogP contribution in [0.15, 0.2) is 72.9 Å². The number of benzene rings is 3. The first-order valence-corrected chi connectivity index (χ1v) is 13.5. The Bertz CT molecular complexity index is 1710. The molecule has 218 valence electrons. The molecule has 5 rings (SSSR count). The van der Waals surface area contributed by atoms with E-state index in [0.29, 0.717) is 29.4 Å². The zero-order valence-electron chi connectivity index (χ0n) is 23.6. The molecule has 3 aromatic carbocycles. The third-order valence-electron chi connectivity index (χ3n) is 6.70. The van der Waals surface area contributed by atoms with Crippen LogP contribution in [-0.4, -0.2) is 42.4 Å². The van der Waals surface area contributed by atoms with Crippen LogP contribution in [-0.2, 0) is 25.1 Å². The highest BCUT2D eigenvalue weighted by molar-refractivity contribution is 5.88. The van der Waals surface area contributed by atoms with Crippen molar-refractivity contribution in [1.82, 2.24) is 24.9 Å². The number of urea groups is 1. The summed E-state index contributed by atoms with van der Waals surface area (Å²) in [6.07, 6.45) is 1.69. The second-order valence-corrected chi connectivity index (χ2v) is 10.9. The SMILES string of the molecule is CC(C)(C)c1cc(NC(=O)NCc2cc(F)ccc2Oc2ccc3c(cnn3CCO)c2)n(-c2ccc(CO)cc2)n1. The molecule has 0 saturated carbocycles. The molecule has 4 N–H and O–H groups in total. The predicted molar refractivity (Wildman–Crippen MR) is 157 cm³/mol. The maximum atomic E-state index is 14.2. The normalized spacial score (nSPS) is 11.6. The molecule has 0 aliphatic rings. The number of carbonyl (C=O) groups is 1. The smallest absolute Gasteiger partial charge is 0.320 e. The van der Waals surface area contributed by atoms with Crippen molar-refractivity contribution in [3.05, 3.63) is 95.6 Å². The first-order valence-electron chi connectivity index (χ1n) is 13.5. The Morgan fingerprint density at radius 3 is 2.52 bits per heavy atom. The minimum Gasteiger partial charge on any atom is -0.457 e. The van der Waals surface area contributed by atoms with Gasteiger partial charge in [-0.25, -0.2) is 13.9 Å². The van der Waals surface area contributed by atoms with E-state index >= 15 is 0 Å². The van der Waals surface area contributed by atoms with Crippen molar-refractivity contribution in [2.75, 3.05) is 11.9 Å². The molecule has 2 amide bonds. The van der Waals surface area contributed by atoms with Crippen LogP contribution in [0.2, 0.25) is 0 Å². The Morgan fingerprint density at radius 1 is 1.02 bits per heavy atom. The lowest BCUT2D eigenvalue weighted by atomic mass is 9.92. The van der Waals surface area contributed by atoms with Crippen LogP contribution >= 0.6 is 0 Å². The van der Waals surface area contributed by atoms with E-state index in [4.69, 9.17) is 9.84 Å². The number of ether oxygens (including phenoxy) is 1. The Morgan fingerprint density at radius 2 is 1.81 bits per heavy atom. The van der Waals surface area contributed by atoms with Gasteiger partial charge in [0.25, 0.3) is 0 Å². The number of nitrogens with one attached hydrogen (secondary N) is 2. The van der Waals surface area contributed by atoms with Crippen LogP contribution in [0, 0.1) is 5.82 Å². The summed E-state index contributed by atoms with van der Waals surface area (Å²) in [6, 6.07) is 18.1. The predicted octanol–water partition coefficient (Wildman–Crippen LogP) is 5.26. The van der Waals surface area contributed by atoms with E-state index in [1.807, 2.05) is 51.1 Å². The molecular formula is C31H33FN6O4. The zero-order chi connectivity index (χ0) is 29.9. The average Bonchev–Trinajstić information content (AvgIpc) is 3.57. The van der Waals surface area contributed by atoms with E-state index in [1.54, 1.807) is 33.8 Å². The number of carbonyl (C=O) groups excluding carboxylic acids is 1. The highest BCUT2D eigenvalue weighted by Gasteiger charge is 2.22. The number of nitrogens with zero attached hydrogens (tertiary/aromatic N) is 4. The van der Waals surface area contributed by atoms with E-state index < -0.39 is 11.8 Å². The van der Waals surface area contributed by atoms with Gasteiger partial charge in [0.2, 0.25) is 0 Å². The average molecular weight is 573 g/mol. The number of aliphatic hydroxyl groups is 2. The van der Waals surface area contributed by atoms with Crippen molar-refractivity contribution in [2.45, 2.75) is 45.9 Å². The fourth-order valence-electron chi connectivity index (χ4n) is 4.43. The summed E-state index contributed by atoms with van der Waals surface area (Å²) in [5.41, 5.74) is 3.30. The molecule has 0 saturated heterocycles. The van der Waals surface area contributed by atoms with Crippen LogP contribution in [0.5, 0.6) is 11.5 Å². The lowest BCUT2D eigenvalue weighted by molar-refractivity contribution is 0.251. The number of aromatic nitrogens is 4. The van der Waals surface area contributed by atoms with Gasteiger partial charge in [-0.15, -0.1) is 0 Å². The Labute approximate surface area is 242 Å². The number of fused-ring (bicyclic) bond motifs is 1. The Hall–Kier alpha value is -4.74. The van der Waals surface area contributed by atoms with Crippen LogP contribution in [0.3, 0.4) is 0 Å². The molecule has 0 aliphatic carbocycles. The third kappa shape index (κ3) is 6.42. The van der Waals surface area contributed by atoms with E-state index in [9.17, 15) is 19.4 Å². The minimum absolute atomic E-state index is 0.00106. The number of halogens is 1. The molecule has 10 nitrogen and oxygen atoms in total. The van der Waals surface area contributed by atoms with Crippen molar-refractivity contribution in [3.63, 3.8) is 0 Å². The molecule has 0 aliphatic heterocycles. The van der Waals surface area contributed by atoms with E-state index in [0.717, 1.165) is 27.8 Å². The molecule has 0 atom stereocenters. The number of hydrogen-bond acceptors (Lipinski definition) is 6. The molecule has 42 heavy (non-hydrogen) atoms. The molecule has 0 bridgehead atoms.